The topological polar surface area (TPSA) is 60.9 Å². The van der Waals surface area contributed by atoms with Gasteiger partial charge in [0.2, 0.25) is 5.91 Å². The van der Waals surface area contributed by atoms with E-state index in [2.05, 4.69) is 0 Å². The highest BCUT2D eigenvalue weighted by Crippen LogP contribution is 2.20. The van der Waals surface area contributed by atoms with Crippen LogP contribution in [-0.2, 0) is 4.79 Å². The quantitative estimate of drug-likeness (QED) is 0.890. The number of phenols is 1. The fraction of sp³-hybridized carbons (Fsp3) is 0.467. The maximum atomic E-state index is 12.5. The Morgan fingerprint density at radius 2 is 1.90 bits per heavy atom. The molecule has 5 nitrogen and oxygen atoms in total. The second-order valence-corrected chi connectivity index (χ2v) is 5.04. The van der Waals surface area contributed by atoms with Crippen LogP contribution in [0.25, 0.3) is 0 Å². The highest BCUT2D eigenvalue weighted by Gasteiger charge is 2.21. The van der Waals surface area contributed by atoms with Gasteiger partial charge in [-0.3, -0.25) is 9.59 Å². The van der Waals surface area contributed by atoms with E-state index in [1.54, 1.807) is 26.2 Å². The lowest BCUT2D eigenvalue weighted by molar-refractivity contribution is -0.129. The second-order valence-electron chi connectivity index (χ2n) is 5.04. The van der Waals surface area contributed by atoms with Crippen molar-refractivity contribution in [1.29, 1.82) is 0 Å². The fourth-order valence-corrected chi connectivity index (χ4v) is 1.82. The number of hydrogen-bond acceptors (Lipinski definition) is 3. The molecule has 0 saturated heterocycles. The van der Waals surface area contributed by atoms with E-state index in [9.17, 15) is 14.7 Å². The van der Waals surface area contributed by atoms with E-state index < -0.39 is 0 Å². The Labute approximate surface area is 119 Å². The lowest BCUT2D eigenvalue weighted by Crippen LogP contribution is -2.40. The van der Waals surface area contributed by atoms with Gasteiger partial charge in [0, 0.05) is 20.6 Å². The molecule has 110 valence electrons. The molecule has 5 heteroatoms. The SMILES string of the molecule is CCCN(CC(=O)N(C)C)C(=O)c1cc(C)ccc1O. The highest BCUT2D eigenvalue weighted by molar-refractivity contribution is 5.98. The molecule has 0 heterocycles. The second kappa shape index (κ2) is 6.93. The molecular weight excluding hydrogens is 256 g/mol. The van der Waals surface area contributed by atoms with Crippen LogP contribution in [0.15, 0.2) is 18.2 Å². The van der Waals surface area contributed by atoms with Gasteiger partial charge in [-0.25, -0.2) is 0 Å². The third kappa shape index (κ3) is 3.98. The minimum absolute atomic E-state index is 0.0209. The molecule has 0 radical (unpaired) electrons. The third-order valence-corrected chi connectivity index (χ3v) is 2.99. The molecule has 1 rings (SSSR count). The predicted molar refractivity (Wildman–Crippen MR) is 77.7 cm³/mol. The molecule has 0 aliphatic heterocycles. The first kappa shape index (κ1) is 16.0. The molecule has 1 aromatic carbocycles. The summed E-state index contributed by atoms with van der Waals surface area (Å²) in [6, 6.07) is 4.88. The summed E-state index contributed by atoms with van der Waals surface area (Å²) in [7, 11) is 3.31. The van der Waals surface area contributed by atoms with Gasteiger partial charge in [-0.15, -0.1) is 0 Å². The molecule has 0 spiro atoms. The van der Waals surface area contributed by atoms with Crippen molar-refractivity contribution < 1.29 is 14.7 Å². The van der Waals surface area contributed by atoms with E-state index >= 15 is 0 Å². The molecule has 20 heavy (non-hydrogen) atoms. The van der Waals surface area contributed by atoms with Gasteiger partial charge in [0.25, 0.3) is 5.91 Å². The summed E-state index contributed by atoms with van der Waals surface area (Å²) in [5, 5.41) is 9.82. The average molecular weight is 278 g/mol. The van der Waals surface area contributed by atoms with Crippen molar-refractivity contribution in [3.05, 3.63) is 29.3 Å². The van der Waals surface area contributed by atoms with Crippen molar-refractivity contribution in [2.45, 2.75) is 20.3 Å². The molecule has 0 atom stereocenters. The van der Waals surface area contributed by atoms with Crippen LogP contribution in [0.4, 0.5) is 0 Å². The van der Waals surface area contributed by atoms with Crippen LogP contribution < -0.4 is 0 Å². The maximum absolute atomic E-state index is 12.5. The van der Waals surface area contributed by atoms with Gasteiger partial charge in [0.15, 0.2) is 0 Å². The number of aryl methyl sites for hydroxylation is 1. The zero-order valence-corrected chi connectivity index (χ0v) is 12.5. The Morgan fingerprint density at radius 3 is 2.45 bits per heavy atom. The highest BCUT2D eigenvalue weighted by atomic mass is 16.3. The van der Waals surface area contributed by atoms with Crippen LogP contribution in [0.1, 0.15) is 29.3 Å². The summed E-state index contributed by atoms with van der Waals surface area (Å²) < 4.78 is 0. The zero-order valence-electron chi connectivity index (χ0n) is 12.5. The number of likely N-dealkylation sites (N-methyl/N-ethyl adjacent to an activating group) is 1. The van der Waals surface area contributed by atoms with E-state index in [4.69, 9.17) is 0 Å². The lowest BCUT2D eigenvalue weighted by atomic mass is 10.1. The Hall–Kier alpha value is -2.04. The monoisotopic (exact) mass is 278 g/mol. The first-order chi connectivity index (χ1) is 9.36. The van der Waals surface area contributed by atoms with Crippen LogP contribution in [0.5, 0.6) is 5.75 Å². The first-order valence-corrected chi connectivity index (χ1v) is 6.65. The van der Waals surface area contributed by atoms with Crippen molar-refractivity contribution in [2.75, 3.05) is 27.2 Å². The Kier molecular flexibility index (Phi) is 5.55. The van der Waals surface area contributed by atoms with Crippen molar-refractivity contribution in [3.63, 3.8) is 0 Å². The normalized spacial score (nSPS) is 10.2. The fourth-order valence-electron chi connectivity index (χ4n) is 1.82. The molecule has 0 saturated carbocycles. The van der Waals surface area contributed by atoms with Gasteiger partial charge in [-0.2, -0.15) is 0 Å². The molecule has 0 aromatic heterocycles. The number of phenolic OH excluding ortho intramolecular Hbond substituents is 1. The number of hydrogen-bond donors (Lipinski definition) is 1. The molecule has 1 aromatic rings. The summed E-state index contributed by atoms with van der Waals surface area (Å²) >= 11 is 0. The number of nitrogens with zero attached hydrogens (tertiary/aromatic N) is 2. The first-order valence-electron chi connectivity index (χ1n) is 6.65. The summed E-state index contributed by atoms with van der Waals surface area (Å²) in [6.45, 7) is 4.29. The molecule has 1 N–H and O–H groups in total. The summed E-state index contributed by atoms with van der Waals surface area (Å²) in [5.41, 5.74) is 1.13. The molecular formula is C15H22N2O3. The molecule has 2 amide bonds. The van der Waals surface area contributed by atoms with Crippen LogP contribution >= 0.6 is 0 Å². The summed E-state index contributed by atoms with van der Waals surface area (Å²) in [6.07, 6.45) is 0.749. The van der Waals surface area contributed by atoms with Gasteiger partial charge >= 0.3 is 0 Å². The van der Waals surface area contributed by atoms with Crippen molar-refractivity contribution in [2.24, 2.45) is 0 Å². The summed E-state index contributed by atoms with van der Waals surface area (Å²) in [5.74, 6) is -0.513. The molecule has 0 fully saturated rings. The maximum Gasteiger partial charge on any atom is 0.258 e. The van der Waals surface area contributed by atoms with Gasteiger partial charge in [-0.1, -0.05) is 18.6 Å². The molecule has 0 aliphatic carbocycles. The standard InChI is InChI=1S/C15H22N2O3/c1-5-8-17(10-14(19)16(3)4)15(20)12-9-11(2)6-7-13(12)18/h6-7,9,18H,5,8,10H2,1-4H3. The number of carbonyl (C=O) groups is 2. The van der Waals surface area contributed by atoms with Crippen LogP contribution in [0.3, 0.4) is 0 Å². The summed E-state index contributed by atoms with van der Waals surface area (Å²) in [4.78, 5) is 27.2. The third-order valence-electron chi connectivity index (χ3n) is 2.99. The van der Waals surface area contributed by atoms with E-state index in [-0.39, 0.29) is 29.7 Å². The Balaban J connectivity index is 2.99. The average Bonchev–Trinajstić information content (AvgIpc) is 2.40. The number of aromatic hydroxyl groups is 1. The van der Waals surface area contributed by atoms with Gasteiger partial charge < -0.3 is 14.9 Å². The van der Waals surface area contributed by atoms with Crippen LogP contribution in [0, 0.1) is 6.92 Å². The number of carbonyl (C=O) groups excluding carboxylic acids is 2. The number of rotatable bonds is 5. The number of benzene rings is 1. The van der Waals surface area contributed by atoms with E-state index in [0.717, 1.165) is 12.0 Å². The Morgan fingerprint density at radius 1 is 1.25 bits per heavy atom. The van der Waals surface area contributed by atoms with E-state index in [1.165, 1.54) is 15.9 Å². The minimum atomic E-state index is -0.316. The number of amides is 2. The van der Waals surface area contributed by atoms with Gasteiger partial charge in [-0.05, 0) is 25.5 Å². The molecule has 0 aliphatic rings. The zero-order chi connectivity index (χ0) is 15.3. The Bertz CT molecular complexity index is 498. The molecule has 0 bridgehead atoms. The van der Waals surface area contributed by atoms with Crippen LogP contribution in [-0.4, -0.2) is 53.9 Å². The van der Waals surface area contributed by atoms with Gasteiger partial charge in [0.05, 0.1) is 5.56 Å². The van der Waals surface area contributed by atoms with Gasteiger partial charge in [0.1, 0.15) is 12.3 Å². The van der Waals surface area contributed by atoms with Crippen molar-refractivity contribution in [1.82, 2.24) is 9.80 Å². The predicted octanol–water partition coefficient (Wildman–Crippen LogP) is 1.64. The van der Waals surface area contributed by atoms with E-state index in [1.807, 2.05) is 13.8 Å². The van der Waals surface area contributed by atoms with Crippen LogP contribution in [0.2, 0.25) is 0 Å². The van der Waals surface area contributed by atoms with E-state index in [0.29, 0.717) is 6.54 Å². The molecule has 0 unspecified atom stereocenters. The lowest BCUT2D eigenvalue weighted by Gasteiger charge is -2.23. The smallest absolute Gasteiger partial charge is 0.258 e. The minimum Gasteiger partial charge on any atom is -0.507 e. The van der Waals surface area contributed by atoms with Crippen molar-refractivity contribution in [3.8, 4) is 5.75 Å². The van der Waals surface area contributed by atoms with Crippen molar-refractivity contribution >= 4 is 11.8 Å². The largest absolute Gasteiger partial charge is 0.507 e.